The van der Waals surface area contributed by atoms with E-state index in [1.54, 1.807) is 25.1 Å². The first-order chi connectivity index (χ1) is 8.54. The number of halogens is 1. The first-order valence-electron chi connectivity index (χ1n) is 5.58. The van der Waals surface area contributed by atoms with E-state index in [0.717, 1.165) is 5.56 Å². The molecule has 0 saturated heterocycles. The van der Waals surface area contributed by atoms with Crippen molar-refractivity contribution in [3.8, 4) is 5.69 Å². The molecule has 1 aromatic heterocycles. The van der Waals surface area contributed by atoms with Crippen LogP contribution in [0.4, 0.5) is 0 Å². The lowest BCUT2D eigenvalue weighted by molar-refractivity contribution is 0.273. The Hall–Kier alpha value is -1.59. The van der Waals surface area contributed by atoms with Crippen LogP contribution in [0.25, 0.3) is 5.69 Å². The van der Waals surface area contributed by atoms with Gasteiger partial charge in [-0.3, -0.25) is 4.57 Å². The molecular weight excluding hydrogens is 254 g/mol. The number of aromatic nitrogens is 3. The van der Waals surface area contributed by atoms with E-state index in [1.165, 1.54) is 9.25 Å². The standard InChI is InChI=1S/C12H14ClN3O2/c1-8-7-10(3-4-11(8)13)16-12(18)15(5-6-17)9(2)14-16/h3-4,7,17H,5-6H2,1-2H3. The number of benzene rings is 1. The number of aliphatic hydroxyl groups is 1. The van der Waals surface area contributed by atoms with Gasteiger partial charge in [-0.15, -0.1) is 0 Å². The molecule has 6 heteroatoms. The first-order valence-corrected chi connectivity index (χ1v) is 5.96. The molecule has 0 aliphatic rings. The van der Waals surface area contributed by atoms with Crippen LogP contribution in [0.2, 0.25) is 5.02 Å². The van der Waals surface area contributed by atoms with Crippen molar-refractivity contribution in [2.75, 3.05) is 6.61 Å². The van der Waals surface area contributed by atoms with Crippen molar-refractivity contribution in [1.82, 2.24) is 14.3 Å². The van der Waals surface area contributed by atoms with E-state index in [4.69, 9.17) is 16.7 Å². The van der Waals surface area contributed by atoms with E-state index in [9.17, 15) is 4.79 Å². The van der Waals surface area contributed by atoms with Gasteiger partial charge in [0.2, 0.25) is 0 Å². The summed E-state index contributed by atoms with van der Waals surface area (Å²) in [4.78, 5) is 12.1. The molecule has 5 nitrogen and oxygen atoms in total. The molecule has 1 N–H and O–H groups in total. The molecule has 0 amide bonds. The normalized spacial score (nSPS) is 10.9. The summed E-state index contributed by atoms with van der Waals surface area (Å²) in [5.41, 5.74) is 1.29. The second kappa shape index (κ2) is 4.96. The average Bonchev–Trinajstić information content (AvgIpc) is 2.61. The Labute approximate surface area is 109 Å². The largest absolute Gasteiger partial charge is 0.395 e. The summed E-state index contributed by atoms with van der Waals surface area (Å²) in [7, 11) is 0. The van der Waals surface area contributed by atoms with E-state index >= 15 is 0 Å². The van der Waals surface area contributed by atoms with E-state index < -0.39 is 0 Å². The van der Waals surface area contributed by atoms with Crippen molar-refractivity contribution >= 4 is 11.6 Å². The van der Waals surface area contributed by atoms with E-state index in [1.807, 2.05) is 6.92 Å². The summed E-state index contributed by atoms with van der Waals surface area (Å²) in [6, 6.07) is 5.28. The fraction of sp³-hybridized carbons (Fsp3) is 0.333. The van der Waals surface area contributed by atoms with E-state index in [-0.39, 0.29) is 18.8 Å². The molecule has 0 fully saturated rings. The van der Waals surface area contributed by atoms with Gasteiger partial charge in [-0.2, -0.15) is 9.78 Å². The van der Waals surface area contributed by atoms with Crippen molar-refractivity contribution < 1.29 is 5.11 Å². The third-order valence-corrected chi connectivity index (χ3v) is 3.18. The molecule has 0 aliphatic heterocycles. The number of aryl methyl sites for hydroxylation is 2. The minimum atomic E-state index is -0.261. The van der Waals surface area contributed by atoms with Crippen molar-refractivity contribution in [2.45, 2.75) is 20.4 Å². The SMILES string of the molecule is Cc1cc(-n2nc(C)n(CCO)c2=O)ccc1Cl. The van der Waals surface area contributed by atoms with Crippen LogP contribution in [-0.4, -0.2) is 26.1 Å². The Balaban J connectivity index is 2.54. The van der Waals surface area contributed by atoms with Gasteiger partial charge >= 0.3 is 5.69 Å². The minimum Gasteiger partial charge on any atom is -0.395 e. The highest BCUT2D eigenvalue weighted by Gasteiger charge is 2.11. The number of rotatable bonds is 3. The lowest BCUT2D eigenvalue weighted by atomic mass is 10.2. The molecule has 2 rings (SSSR count). The van der Waals surface area contributed by atoms with Crippen LogP contribution in [0.1, 0.15) is 11.4 Å². The van der Waals surface area contributed by atoms with Crippen molar-refractivity contribution in [2.24, 2.45) is 0 Å². The molecule has 0 spiro atoms. The molecule has 0 aliphatic carbocycles. The van der Waals surface area contributed by atoms with Crippen LogP contribution in [0.15, 0.2) is 23.0 Å². The highest BCUT2D eigenvalue weighted by atomic mass is 35.5. The molecule has 1 aromatic carbocycles. The van der Waals surface area contributed by atoms with Gasteiger partial charge in [0.25, 0.3) is 0 Å². The number of hydrogen-bond donors (Lipinski definition) is 1. The van der Waals surface area contributed by atoms with Gasteiger partial charge in [-0.25, -0.2) is 4.79 Å². The third kappa shape index (κ3) is 2.19. The summed E-state index contributed by atoms with van der Waals surface area (Å²) >= 11 is 5.95. The average molecular weight is 268 g/mol. The molecule has 0 radical (unpaired) electrons. The predicted molar refractivity (Wildman–Crippen MR) is 69.4 cm³/mol. The van der Waals surface area contributed by atoms with Gasteiger partial charge in [0.05, 0.1) is 18.8 Å². The second-order valence-electron chi connectivity index (χ2n) is 4.05. The Bertz CT molecular complexity index is 631. The van der Waals surface area contributed by atoms with E-state index in [2.05, 4.69) is 5.10 Å². The van der Waals surface area contributed by atoms with Gasteiger partial charge in [0.1, 0.15) is 5.82 Å². The van der Waals surface area contributed by atoms with E-state index in [0.29, 0.717) is 16.5 Å². The molecule has 0 bridgehead atoms. The fourth-order valence-corrected chi connectivity index (χ4v) is 1.90. The monoisotopic (exact) mass is 267 g/mol. The van der Waals surface area contributed by atoms with Crippen LogP contribution in [0.5, 0.6) is 0 Å². The van der Waals surface area contributed by atoms with Crippen molar-refractivity contribution in [1.29, 1.82) is 0 Å². The van der Waals surface area contributed by atoms with Crippen molar-refractivity contribution in [3.05, 3.63) is 45.1 Å². The molecule has 0 saturated carbocycles. The Morgan fingerprint density at radius 2 is 2.11 bits per heavy atom. The summed E-state index contributed by atoms with van der Waals surface area (Å²) in [6.07, 6.45) is 0. The zero-order valence-electron chi connectivity index (χ0n) is 10.2. The summed E-state index contributed by atoms with van der Waals surface area (Å²) in [5.74, 6) is 0.571. The molecule has 0 unspecified atom stereocenters. The maximum Gasteiger partial charge on any atom is 0.350 e. The number of aliphatic hydroxyl groups excluding tert-OH is 1. The van der Waals surface area contributed by atoms with Crippen LogP contribution in [0.3, 0.4) is 0 Å². The van der Waals surface area contributed by atoms with Gasteiger partial charge in [0, 0.05) is 5.02 Å². The van der Waals surface area contributed by atoms with Crippen LogP contribution in [0, 0.1) is 13.8 Å². The van der Waals surface area contributed by atoms with Crippen molar-refractivity contribution in [3.63, 3.8) is 0 Å². The molecule has 18 heavy (non-hydrogen) atoms. The highest BCUT2D eigenvalue weighted by molar-refractivity contribution is 6.31. The van der Waals surface area contributed by atoms with Crippen LogP contribution in [-0.2, 0) is 6.54 Å². The zero-order valence-corrected chi connectivity index (χ0v) is 11.0. The minimum absolute atomic E-state index is 0.0912. The Kier molecular flexibility index (Phi) is 3.54. The van der Waals surface area contributed by atoms with Gasteiger partial charge in [-0.05, 0) is 37.6 Å². The van der Waals surface area contributed by atoms with Gasteiger partial charge in [0.15, 0.2) is 0 Å². The molecular formula is C12H14ClN3O2. The number of hydrogen-bond acceptors (Lipinski definition) is 3. The quantitative estimate of drug-likeness (QED) is 0.912. The lowest BCUT2D eigenvalue weighted by Gasteiger charge is -2.02. The molecule has 1 heterocycles. The smallest absolute Gasteiger partial charge is 0.350 e. The number of nitrogens with zero attached hydrogens (tertiary/aromatic N) is 3. The van der Waals surface area contributed by atoms with Gasteiger partial charge in [-0.1, -0.05) is 11.6 Å². The lowest BCUT2D eigenvalue weighted by Crippen LogP contribution is -2.25. The second-order valence-corrected chi connectivity index (χ2v) is 4.46. The summed E-state index contributed by atoms with van der Waals surface area (Å²) < 4.78 is 2.75. The third-order valence-electron chi connectivity index (χ3n) is 2.76. The predicted octanol–water partition coefficient (Wildman–Crippen LogP) is 1.30. The summed E-state index contributed by atoms with van der Waals surface area (Å²) in [5, 5.41) is 13.7. The first kappa shape index (κ1) is 12.9. The maximum atomic E-state index is 12.1. The Morgan fingerprint density at radius 1 is 1.39 bits per heavy atom. The zero-order chi connectivity index (χ0) is 13.3. The fourth-order valence-electron chi connectivity index (χ4n) is 1.78. The molecule has 2 aromatic rings. The molecule has 0 atom stereocenters. The highest BCUT2D eigenvalue weighted by Crippen LogP contribution is 2.17. The molecule has 96 valence electrons. The summed E-state index contributed by atoms with van der Waals surface area (Å²) in [6.45, 7) is 3.76. The maximum absolute atomic E-state index is 12.1. The Morgan fingerprint density at radius 3 is 2.72 bits per heavy atom. The van der Waals surface area contributed by atoms with Crippen LogP contribution < -0.4 is 5.69 Å². The van der Waals surface area contributed by atoms with Crippen LogP contribution >= 0.6 is 11.6 Å². The topological polar surface area (TPSA) is 60.1 Å². The van der Waals surface area contributed by atoms with Gasteiger partial charge < -0.3 is 5.11 Å².